The number of benzene rings is 1. The lowest BCUT2D eigenvalue weighted by Gasteiger charge is -2.20. The second-order valence-corrected chi connectivity index (χ2v) is 5.13. The SMILES string of the molecule is Cc1cccc(C)c1N[C@H]1CCN(CC(F)(F)F)C1=O. The molecule has 1 aliphatic rings. The third-order valence-electron chi connectivity index (χ3n) is 3.47. The molecule has 1 aromatic rings. The second-order valence-electron chi connectivity index (χ2n) is 5.13. The van der Waals surface area contributed by atoms with Crippen molar-refractivity contribution >= 4 is 11.6 Å². The molecule has 20 heavy (non-hydrogen) atoms. The Bertz CT molecular complexity index is 493. The van der Waals surface area contributed by atoms with Crippen LogP contribution in [0.2, 0.25) is 0 Å². The van der Waals surface area contributed by atoms with Crippen molar-refractivity contribution in [2.75, 3.05) is 18.4 Å². The topological polar surface area (TPSA) is 32.3 Å². The van der Waals surface area contributed by atoms with Gasteiger partial charge in [-0.2, -0.15) is 13.2 Å². The normalized spacial score (nSPS) is 19.6. The summed E-state index contributed by atoms with van der Waals surface area (Å²) in [5.41, 5.74) is 2.79. The van der Waals surface area contributed by atoms with Crippen LogP contribution >= 0.6 is 0 Å². The van der Waals surface area contributed by atoms with E-state index in [1.165, 1.54) is 0 Å². The smallest absolute Gasteiger partial charge is 0.373 e. The number of para-hydroxylation sites is 1. The highest BCUT2D eigenvalue weighted by atomic mass is 19.4. The number of halogens is 3. The van der Waals surface area contributed by atoms with Gasteiger partial charge in [-0.3, -0.25) is 4.79 Å². The molecule has 1 atom stereocenters. The van der Waals surface area contributed by atoms with Gasteiger partial charge in [0.2, 0.25) is 5.91 Å². The largest absolute Gasteiger partial charge is 0.406 e. The van der Waals surface area contributed by atoms with Gasteiger partial charge in [0.05, 0.1) is 0 Å². The molecule has 0 radical (unpaired) electrons. The van der Waals surface area contributed by atoms with Gasteiger partial charge in [-0.05, 0) is 31.4 Å². The predicted octanol–water partition coefficient (Wildman–Crippen LogP) is 2.88. The van der Waals surface area contributed by atoms with Crippen molar-refractivity contribution in [2.24, 2.45) is 0 Å². The van der Waals surface area contributed by atoms with Crippen LogP contribution in [0.25, 0.3) is 0 Å². The van der Waals surface area contributed by atoms with Gasteiger partial charge in [-0.1, -0.05) is 18.2 Å². The van der Waals surface area contributed by atoms with Gasteiger partial charge in [-0.15, -0.1) is 0 Å². The van der Waals surface area contributed by atoms with Gasteiger partial charge in [0.1, 0.15) is 12.6 Å². The van der Waals surface area contributed by atoms with Crippen LogP contribution in [0.3, 0.4) is 0 Å². The van der Waals surface area contributed by atoms with Gasteiger partial charge < -0.3 is 10.2 Å². The molecule has 1 aliphatic heterocycles. The van der Waals surface area contributed by atoms with Crippen LogP contribution in [0.5, 0.6) is 0 Å². The number of nitrogens with zero attached hydrogens (tertiary/aromatic N) is 1. The Labute approximate surface area is 115 Å². The molecule has 0 bridgehead atoms. The first-order chi connectivity index (χ1) is 9.28. The number of alkyl halides is 3. The van der Waals surface area contributed by atoms with E-state index in [1.54, 1.807) is 0 Å². The Hall–Kier alpha value is -1.72. The van der Waals surface area contributed by atoms with Crippen molar-refractivity contribution in [1.29, 1.82) is 0 Å². The summed E-state index contributed by atoms with van der Waals surface area (Å²) in [7, 11) is 0. The third kappa shape index (κ3) is 3.23. The standard InChI is InChI=1S/C14H17F3N2O/c1-9-4-3-5-10(2)12(9)18-11-6-7-19(13(11)20)8-14(15,16)17/h3-5,11,18H,6-8H2,1-2H3/t11-/m0/s1. The van der Waals surface area contributed by atoms with Crippen molar-refractivity contribution in [3.63, 3.8) is 0 Å². The maximum Gasteiger partial charge on any atom is 0.406 e. The average molecular weight is 286 g/mol. The second kappa shape index (κ2) is 5.34. The molecule has 1 heterocycles. The lowest BCUT2D eigenvalue weighted by Crippen LogP contribution is -2.39. The Morgan fingerprint density at radius 1 is 1.30 bits per heavy atom. The zero-order valence-electron chi connectivity index (χ0n) is 11.4. The monoisotopic (exact) mass is 286 g/mol. The lowest BCUT2D eigenvalue weighted by atomic mass is 10.1. The molecule has 6 heteroatoms. The van der Waals surface area contributed by atoms with Crippen molar-refractivity contribution in [3.05, 3.63) is 29.3 Å². The number of nitrogens with one attached hydrogen (secondary N) is 1. The first kappa shape index (κ1) is 14.7. The molecule has 0 unspecified atom stereocenters. The minimum absolute atomic E-state index is 0.140. The van der Waals surface area contributed by atoms with Crippen molar-refractivity contribution in [3.8, 4) is 0 Å². The molecule has 1 saturated heterocycles. The number of carbonyl (C=O) groups excluding carboxylic acids is 1. The summed E-state index contributed by atoms with van der Waals surface area (Å²) in [6.07, 6.45) is -3.95. The summed E-state index contributed by atoms with van der Waals surface area (Å²) in [5.74, 6) is -0.482. The van der Waals surface area contributed by atoms with Gasteiger partial charge in [0, 0.05) is 12.2 Å². The number of anilines is 1. The number of carbonyl (C=O) groups is 1. The van der Waals surface area contributed by atoms with Gasteiger partial charge in [-0.25, -0.2) is 0 Å². The zero-order valence-corrected chi connectivity index (χ0v) is 11.4. The quantitative estimate of drug-likeness (QED) is 0.926. The molecule has 110 valence electrons. The Balaban J connectivity index is 2.07. The fraction of sp³-hybridized carbons (Fsp3) is 0.500. The molecule has 0 aliphatic carbocycles. The van der Waals surface area contributed by atoms with E-state index in [2.05, 4.69) is 5.32 Å². The maximum atomic E-state index is 12.3. The van der Waals surface area contributed by atoms with E-state index in [9.17, 15) is 18.0 Å². The van der Waals surface area contributed by atoms with Crippen LogP contribution in [0.15, 0.2) is 18.2 Å². The van der Waals surface area contributed by atoms with Crippen LogP contribution in [-0.4, -0.2) is 36.1 Å². The van der Waals surface area contributed by atoms with E-state index in [0.29, 0.717) is 6.42 Å². The molecule has 1 N–H and O–H groups in total. The summed E-state index contributed by atoms with van der Waals surface area (Å²) in [5, 5.41) is 3.08. The minimum Gasteiger partial charge on any atom is -0.373 e. The van der Waals surface area contributed by atoms with Crippen LogP contribution in [0, 0.1) is 13.8 Å². The summed E-state index contributed by atoms with van der Waals surface area (Å²) in [4.78, 5) is 12.8. The first-order valence-corrected chi connectivity index (χ1v) is 6.46. The van der Waals surface area contributed by atoms with E-state index >= 15 is 0 Å². The number of amides is 1. The highest BCUT2D eigenvalue weighted by Gasteiger charge is 2.39. The Morgan fingerprint density at radius 2 is 1.90 bits per heavy atom. The number of rotatable bonds is 3. The summed E-state index contributed by atoms with van der Waals surface area (Å²) in [6, 6.07) is 5.14. The third-order valence-corrected chi connectivity index (χ3v) is 3.47. The van der Waals surface area contributed by atoms with Gasteiger partial charge >= 0.3 is 6.18 Å². The van der Waals surface area contributed by atoms with Gasteiger partial charge in [0.25, 0.3) is 0 Å². The van der Waals surface area contributed by atoms with Gasteiger partial charge in [0.15, 0.2) is 0 Å². The number of hydrogen-bond donors (Lipinski definition) is 1. The molecular weight excluding hydrogens is 269 g/mol. The summed E-state index contributed by atoms with van der Waals surface area (Å²) >= 11 is 0. The van der Waals surface area contributed by atoms with E-state index in [1.807, 2.05) is 32.0 Å². The Kier molecular flexibility index (Phi) is 3.92. The summed E-state index contributed by atoms with van der Waals surface area (Å²) in [6.45, 7) is 2.78. The average Bonchev–Trinajstić information content (AvgIpc) is 2.64. The van der Waals surface area contributed by atoms with E-state index in [0.717, 1.165) is 21.7 Å². The number of aryl methyl sites for hydroxylation is 2. The molecule has 1 fully saturated rings. The molecular formula is C14H17F3N2O. The van der Waals surface area contributed by atoms with E-state index in [4.69, 9.17) is 0 Å². The van der Waals surface area contributed by atoms with Crippen molar-refractivity contribution < 1.29 is 18.0 Å². The van der Waals surface area contributed by atoms with Crippen LogP contribution < -0.4 is 5.32 Å². The highest BCUT2D eigenvalue weighted by molar-refractivity contribution is 5.87. The van der Waals surface area contributed by atoms with Crippen LogP contribution in [0.4, 0.5) is 18.9 Å². The van der Waals surface area contributed by atoms with Crippen LogP contribution in [-0.2, 0) is 4.79 Å². The number of hydrogen-bond acceptors (Lipinski definition) is 2. The van der Waals surface area contributed by atoms with Crippen molar-refractivity contribution in [1.82, 2.24) is 4.90 Å². The van der Waals surface area contributed by atoms with Crippen molar-refractivity contribution in [2.45, 2.75) is 32.5 Å². The molecule has 3 nitrogen and oxygen atoms in total. The Morgan fingerprint density at radius 3 is 2.45 bits per heavy atom. The van der Waals surface area contributed by atoms with E-state index < -0.39 is 24.7 Å². The zero-order chi connectivity index (χ0) is 14.9. The lowest BCUT2D eigenvalue weighted by molar-refractivity contribution is -0.157. The fourth-order valence-electron chi connectivity index (χ4n) is 2.46. The molecule has 0 spiro atoms. The first-order valence-electron chi connectivity index (χ1n) is 6.46. The van der Waals surface area contributed by atoms with E-state index in [-0.39, 0.29) is 6.54 Å². The molecule has 1 amide bonds. The molecule has 1 aromatic carbocycles. The highest BCUT2D eigenvalue weighted by Crippen LogP contribution is 2.25. The van der Waals surface area contributed by atoms with Crippen LogP contribution in [0.1, 0.15) is 17.5 Å². The molecule has 0 aromatic heterocycles. The molecule has 2 rings (SSSR count). The molecule has 0 saturated carbocycles. The number of likely N-dealkylation sites (tertiary alicyclic amines) is 1. The predicted molar refractivity (Wildman–Crippen MR) is 70.6 cm³/mol. The minimum atomic E-state index is -4.34. The maximum absolute atomic E-state index is 12.3. The fourth-order valence-corrected chi connectivity index (χ4v) is 2.46. The summed E-state index contributed by atoms with van der Waals surface area (Å²) < 4.78 is 37.0.